The lowest BCUT2D eigenvalue weighted by Gasteiger charge is -2.26. The van der Waals surface area contributed by atoms with Crippen LogP contribution in [0.2, 0.25) is 0 Å². The number of benzene rings is 1. The van der Waals surface area contributed by atoms with Gasteiger partial charge in [-0.3, -0.25) is 0 Å². The van der Waals surface area contributed by atoms with Crippen LogP contribution in [0.3, 0.4) is 0 Å². The van der Waals surface area contributed by atoms with Crippen molar-refractivity contribution in [3.05, 3.63) is 30.5 Å². The van der Waals surface area contributed by atoms with Crippen molar-refractivity contribution >= 4 is 28.2 Å². The van der Waals surface area contributed by atoms with E-state index in [0.29, 0.717) is 11.4 Å². The predicted octanol–water partition coefficient (Wildman–Crippen LogP) is 3.59. The van der Waals surface area contributed by atoms with E-state index in [9.17, 15) is 0 Å². The molecule has 1 fully saturated rings. The summed E-state index contributed by atoms with van der Waals surface area (Å²) in [7, 11) is 0. The Bertz CT molecular complexity index is 530. The van der Waals surface area contributed by atoms with Crippen molar-refractivity contribution in [3.63, 3.8) is 0 Å². The zero-order valence-electron chi connectivity index (χ0n) is 10.1. The first-order valence-electron chi connectivity index (χ1n) is 6.44. The molecular formula is C14H16ClN3. The normalized spacial score (nSPS) is 24.1. The number of rotatable bonds is 2. The molecule has 1 saturated carbocycles. The first kappa shape index (κ1) is 11.7. The van der Waals surface area contributed by atoms with Crippen LogP contribution >= 0.6 is 11.6 Å². The first-order chi connectivity index (χ1) is 8.83. The Kier molecular flexibility index (Phi) is 3.33. The highest BCUT2D eigenvalue weighted by Gasteiger charge is 2.20. The van der Waals surface area contributed by atoms with Gasteiger partial charge >= 0.3 is 0 Å². The fraction of sp³-hybridized carbons (Fsp3) is 0.429. The fourth-order valence-electron chi connectivity index (χ4n) is 2.52. The third-order valence-electron chi connectivity index (χ3n) is 3.57. The lowest BCUT2D eigenvalue weighted by molar-refractivity contribution is 0.467. The van der Waals surface area contributed by atoms with Crippen LogP contribution in [0, 0.1) is 0 Å². The van der Waals surface area contributed by atoms with E-state index in [1.807, 2.05) is 12.1 Å². The average Bonchev–Trinajstić information content (AvgIpc) is 2.42. The van der Waals surface area contributed by atoms with Crippen LogP contribution in [0.4, 0.5) is 5.82 Å². The van der Waals surface area contributed by atoms with Crippen LogP contribution in [0.5, 0.6) is 0 Å². The summed E-state index contributed by atoms with van der Waals surface area (Å²) in [6, 6.07) is 8.67. The number of hydrogen-bond donors (Lipinski definition) is 1. The number of hydrogen-bond acceptors (Lipinski definition) is 3. The molecule has 1 aliphatic carbocycles. The summed E-state index contributed by atoms with van der Waals surface area (Å²) in [6.07, 6.45) is 6.18. The maximum Gasteiger partial charge on any atom is 0.156 e. The van der Waals surface area contributed by atoms with E-state index in [-0.39, 0.29) is 0 Å². The number of aromatic nitrogens is 2. The van der Waals surface area contributed by atoms with Gasteiger partial charge in [-0.15, -0.1) is 16.7 Å². The second kappa shape index (κ2) is 5.11. The number of anilines is 1. The van der Waals surface area contributed by atoms with Gasteiger partial charge in [0.05, 0.1) is 6.20 Å². The van der Waals surface area contributed by atoms with Crippen molar-refractivity contribution < 1.29 is 0 Å². The SMILES string of the molecule is ClC1CCC(Nc2nncc3ccccc23)CC1. The molecule has 1 aliphatic rings. The Balaban J connectivity index is 1.82. The largest absolute Gasteiger partial charge is 0.365 e. The number of nitrogens with one attached hydrogen (secondary N) is 1. The van der Waals surface area contributed by atoms with Crippen LogP contribution in [0.15, 0.2) is 30.5 Å². The standard InChI is InChI=1S/C14H16ClN3/c15-11-5-7-12(8-6-11)17-14-13-4-2-1-3-10(13)9-16-18-14/h1-4,9,11-12H,5-8H2,(H,17,18). The fourth-order valence-corrected chi connectivity index (χ4v) is 2.78. The molecule has 94 valence electrons. The summed E-state index contributed by atoms with van der Waals surface area (Å²) in [5.74, 6) is 0.895. The highest BCUT2D eigenvalue weighted by Crippen LogP contribution is 2.27. The van der Waals surface area contributed by atoms with Crippen LogP contribution in [-0.4, -0.2) is 21.6 Å². The molecule has 0 amide bonds. The van der Waals surface area contributed by atoms with Gasteiger partial charge in [0.1, 0.15) is 0 Å². The molecule has 3 nitrogen and oxygen atoms in total. The van der Waals surface area contributed by atoms with E-state index in [1.165, 1.54) is 0 Å². The van der Waals surface area contributed by atoms with Gasteiger partial charge in [0.25, 0.3) is 0 Å². The molecule has 1 heterocycles. The highest BCUT2D eigenvalue weighted by molar-refractivity contribution is 6.20. The second-order valence-electron chi connectivity index (χ2n) is 4.87. The summed E-state index contributed by atoms with van der Waals surface area (Å²) >= 11 is 6.12. The molecule has 0 bridgehead atoms. The van der Waals surface area contributed by atoms with Gasteiger partial charge in [0, 0.05) is 22.2 Å². The van der Waals surface area contributed by atoms with Gasteiger partial charge in [-0.25, -0.2) is 0 Å². The van der Waals surface area contributed by atoms with Crippen LogP contribution < -0.4 is 5.32 Å². The molecule has 3 rings (SSSR count). The molecule has 0 saturated heterocycles. The van der Waals surface area contributed by atoms with Crippen molar-refractivity contribution in [1.82, 2.24) is 10.2 Å². The third kappa shape index (κ3) is 2.41. The maximum atomic E-state index is 6.12. The Morgan fingerprint density at radius 2 is 1.89 bits per heavy atom. The van der Waals surface area contributed by atoms with Crippen LogP contribution in [0.1, 0.15) is 25.7 Å². The summed E-state index contributed by atoms with van der Waals surface area (Å²) < 4.78 is 0. The lowest BCUT2D eigenvalue weighted by Crippen LogP contribution is -2.26. The third-order valence-corrected chi connectivity index (χ3v) is 4.00. The zero-order chi connectivity index (χ0) is 12.4. The molecule has 0 atom stereocenters. The summed E-state index contributed by atoms with van der Waals surface area (Å²) in [6.45, 7) is 0. The monoisotopic (exact) mass is 261 g/mol. The van der Waals surface area contributed by atoms with Crippen LogP contribution in [-0.2, 0) is 0 Å². The van der Waals surface area contributed by atoms with Gasteiger partial charge < -0.3 is 5.32 Å². The molecular weight excluding hydrogens is 246 g/mol. The van der Waals surface area contributed by atoms with Crippen molar-refractivity contribution in [3.8, 4) is 0 Å². The van der Waals surface area contributed by atoms with Crippen LogP contribution in [0.25, 0.3) is 10.8 Å². The minimum Gasteiger partial charge on any atom is -0.365 e. The van der Waals surface area contributed by atoms with E-state index in [1.54, 1.807) is 6.20 Å². The number of nitrogens with zero attached hydrogens (tertiary/aromatic N) is 2. The van der Waals surface area contributed by atoms with E-state index in [0.717, 1.165) is 42.3 Å². The number of fused-ring (bicyclic) bond motifs is 1. The van der Waals surface area contributed by atoms with Gasteiger partial charge in [-0.05, 0) is 25.7 Å². The molecule has 0 unspecified atom stereocenters. The summed E-state index contributed by atoms with van der Waals surface area (Å²) in [5, 5.41) is 14.4. The van der Waals surface area contributed by atoms with E-state index in [2.05, 4.69) is 27.6 Å². The Hall–Kier alpha value is -1.35. The maximum absolute atomic E-state index is 6.12. The first-order valence-corrected chi connectivity index (χ1v) is 6.87. The van der Waals surface area contributed by atoms with E-state index >= 15 is 0 Å². The van der Waals surface area contributed by atoms with Crippen molar-refractivity contribution in [1.29, 1.82) is 0 Å². The summed E-state index contributed by atoms with van der Waals surface area (Å²) in [4.78, 5) is 0. The van der Waals surface area contributed by atoms with Crippen molar-refractivity contribution in [2.75, 3.05) is 5.32 Å². The molecule has 1 aromatic carbocycles. The van der Waals surface area contributed by atoms with Crippen molar-refractivity contribution in [2.24, 2.45) is 0 Å². The molecule has 18 heavy (non-hydrogen) atoms. The predicted molar refractivity (Wildman–Crippen MR) is 75.1 cm³/mol. The molecule has 1 aromatic heterocycles. The smallest absolute Gasteiger partial charge is 0.156 e. The minimum absolute atomic E-state index is 0.349. The molecule has 1 N–H and O–H groups in total. The molecule has 2 aromatic rings. The topological polar surface area (TPSA) is 37.8 Å². The number of halogens is 1. The Morgan fingerprint density at radius 3 is 2.72 bits per heavy atom. The molecule has 0 spiro atoms. The lowest BCUT2D eigenvalue weighted by atomic mass is 9.95. The minimum atomic E-state index is 0.349. The van der Waals surface area contributed by atoms with Gasteiger partial charge in [0.15, 0.2) is 5.82 Å². The van der Waals surface area contributed by atoms with E-state index < -0.39 is 0 Å². The molecule has 0 aliphatic heterocycles. The Morgan fingerprint density at radius 1 is 1.11 bits per heavy atom. The average molecular weight is 262 g/mol. The van der Waals surface area contributed by atoms with Gasteiger partial charge in [-0.1, -0.05) is 24.3 Å². The summed E-state index contributed by atoms with van der Waals surface area (Å²) in [5.41, 5.74) is 0. The zero-order valence-corrected chi connectivity index (χ0v) is 10.9. The molecule has 4 heteroatoms. The van der Waals surface area contributed by atoms with Gasteiger partial charge in [-0.2, -0.15) is 5.10 Å². The van der Waals surface area contributed by atoms with E-state index in [4.69, 9.17) is 11.6 Å². The van der Waals surface area contributed by atoms with Crippen molar-refractivity contribution in [2.45, 2.75) is 37.1 Å². The van der Waals surface area contributed by atoms with Gasteiger partial charge in [0.2, 0.25) is 0 Å². The highest BCUT2D eigenvalue weighted by atomic mass is 35.5. The second-order valence-corrected chi connectivity index (χ2v) is 5.49. The molecule has 0 radical (unpaired) electrons. The number of alkyl halides is 1. The Labute approximate surface area is 112 Å². The quantitative estimate of drug-likeness (QED) is 0.840.